The summed E-state index contributed by atoms with van der Waals surface area (Å²) in [7, 11) is 1.85. The van der Waals surface area contributed by atoms with Crippen molar-refractivity contribution in [2.45, 2.75) is 19.0 Å². The second-order valence-corrected chi connectivity index (χ2v) is 6.44. The van der Waals surface area contributed by atoms with Gasteiger partial charge >= 0.3 is 0 Å². The zero-order valence-electron chi connectivity index (χ0n) is 14.6. The second kappa shape index (κ2) is 8.05. The quantitative estimate of drug-likeness (QED) is 0.853. The first-order valence-corrected chi connectivity index (χ1v) is 8.45. The van der Waals surface area contributed by atoms with Gasteiger partial charge in [0.05, 0.1) is 18.3 Å². The van der Waals surface area contributed by atoms with Gasteiger partial charge in [-0.1, -0.05) is 6.07 Å². The van der Waals surface area contributed by atoms with E-state index in [0.717, 1.165) is 5.69 Å². The number of rotatable bonds is 6. The van der Waals surface area contributed by atoms with E-state index in [0.29, 0.717) is 18.8 Å². The summed E-state index contributed by atoms with van der Waals surface area (Å²) in [4.78, 5) is 32.1. The van der Waals surface area contributed by atoms with Crippen molar-refractivity contribution in [2.75, 3.05) is 25.0 Å². The molecule has 0 aliphatic carbocycles. The SMILES string of the molecule is CN(CC(=O)NC1CC(=O)N(c2ccc(F)cc2)C1)Cc1ccccn1. The van der Waals surface area contributed by atoms with Crippen LogP contribution in [0.1, 0.15) is 12.1 Å². The number of aromatic nitrogens is 1. The Kier molecular flexibility index (Phi) is 5.58. The lowest BCUT2D eigenvalue weighted by molar-refractivity contribution is -0.122. The largest absolute Gasteiger partial charge is 0.350 e. The van der Waals surface area contributed by atoms with Crippen LogP contribution in [0.2, 0.25) is 0 Å². The number of hydrogen-bond acceptors (Lipinski definition) is 4. The summed E-state index contributed by atoms with van der Waals surface area (Å²) in [5.74, 6) is -0.563. The van der Waals surface area contributed by atoms with Gasteiger partial charge in [-0.25, -0.2) is 4.39 Å². The van der Waals surface area contributed by atoms with Gasteiger partial charge in [0.15, 0.2) is 0 Å². The van der Waals surface area contributed by atoms with Gasteiger partial charge in [-0.2, -0.15) is 0 Å². The number of carbonyl (C=O) groups excluding carboxylic acids is 2. The second-order valence-electron chi connectivity index (χ2n) is 6.44. The topological polar surface area (TPSA) is 65.5 Å². The highest BCUT2D eigenvalue weighted by Gasteiger charge is 2.31. The van der Waals surface area contributed by atoms with Crippen molar-refractivity contribution in [1.82, 2.24) is 15.2 Å². The molecule has 1 aromatic heterocycles. The van der Waals surface area contributed by atoms with Crippen molar-refractivity contribution in [3.8, 4) is 0 Å². The molecule has 136 valence electrons. The third-order valence-electron chi connectivity index (χ3n) is 4.20. The van der Waals surface area contributed by atoms with Crippen LogP contribution in [-0.4, -0.2) is 47.9 Å². The zero-order chi connectivity index (χ0) is 18.5. The number of hydrogen-bond donors (Lipinski definition) is 1. The fourth-order valence-corrected chi connectivity index (χ4v) is 3.02. The minimum absolute atomic E-state index is 0.0799. The van der Waals surface area contributed by atoms with E-state index < -0.39 is 0 Å². The minimum atomic E-state index is -0.346. The molecule has 0 radical (unpaired) electrons. The molecule has 26 heavy (non-hydrogen) atoms. The summed E-state index contributed by atoms with van der Waals surface area (Å²) in [6.45, 7) is 1.18. The van der Waals surface area contributed by atoms with Crippen molar-refractivity contribution in [3.05, 3.63) is 60.2 Å². The van der Waals surface area contributed by atoms with E-state index in [9.17, 15) is 14.0 Å². The number of nitrogens with one attached hydrogen (secondary N) is 1. The van der Waals surface area contributed by atoms with Crippen molar-refractivity contribution in [3.63, 3.8) is 0 Å². The van der Waals surface area contributed by atoms with Gasteiger partial charge in [-0.05, 0) is 43.4 Å². The molecular formula is C19H21FN4O2. The lowest BCUT2D eigenvalue weighted by atomic mass is 10.2. The smallest absolute Gasteiger partial charge is 0.234 e. The average molecular weight is 356 g/mol. The van der Waals surface area contributed by atoms with Crippen molar-refractivity contribution in [1.29, 1.82) is 0 Å². The number of carbonyl (C=O) groups is 2. The van der Waals surface area contributed by atoms with E-state index in [4.69, 9.17) is 0 Å². The molecule has 1 aromatic carbocycles. The highest BCUT2D eigenvalue weighted by Crippen LogP contribution is 2.21. The first kappa shape index (κ1) is 18.0. The van der Waals surface area contributed by atoms with Crippen LogP contribution in [0.3, 0.4) is 0 Å². The molecule has 6 nitrogen and oxygen atoms in total. The number of anilines is 1. The summed E-state index contributed by atoms with van der Waals surface area (Å²) < 4.78 is 13.0. The Hall–Kier alpha value is -2.80. The fraction of sp³-hybridized carbons (Fsp3) is 0.316. The molecule has 1 atom stereocenters. The van der Waals surface area contributed by atoms with E-state index in [1.807, 2.05) is 30.1 Å². The Morgan fingerprint density at radius 2 is 2.08 bits per heavy atom. The third kappa shape index (κ3) is 4.64. The molecular weight excluding hydrogens is 335 g/mol. The maximum Gasteiger partial charge on any atom is 0.234 e. The molecule has 0 spiro atoms. The van der Waals surface area contributed by atoms with Crippen molar-refractivity contribution >= 4 is 17.5 Å². The molecule has 1 fully saturated rings. The number of amides is 2. The van der Waals surface area contributed by atoms with Crippen LogP contribution in [0.15, 0.2) is 48.7 Å². The molecule has 1 saturated heterocycles. The Labute approximate surface area is 151 Å². The predicted octanol–water partition coefficient (Wildman–Crippen LogP) is 1.57. The van der Waals surface area contributed by atoms with Gasteiger partial charge in [-0.3, -0.25) is 19.5 Å². The van der Waals surface area contributed by atoms with E-state index in [2.05, 4.69) is 10.3 Å². The van der Waals surface area contributed by atoms with Crippen molar-refractivity contribution < 1.29 is 14.0 Å². The standard InChI is InChI=1S/C19H21FN4O2/c1-23(11-15-4-2-3-9-21-15)13-18(25)22-16-10-19(26)24(12-16)17-7-5-14(20)6-8-17/h2-9,16H,10-13H2,1H3,(H,22,25). The molecule has 2 heterocycles. The normalized spacial score (nSPS) is 17.0. The number of benzene rings is 1. The highest BCUT2D eigenvalue weighted by atomic mass is 19.1. The van der Waals surface area contributed by atoms with Crippen LogP contribution in [0, 0.1) is 5.82 Å². The van der Waals surface area contributed by atoms with Crippen LogP contribution in [0.4, 0.5) is 10.1 Å². The molecule has 1 unspecified atom stereocenters. The van der Waals surface area contributed by atoms with Gasteiger partial charge in [0, 0.05) is 31.4 Å². The van der Waals surface area contributed by atoms with Crippen LogP contribution < -0.4 is 10.2 Å². The van der Waals surface area contributed by atoms with Crippen LogP contribution >= 0.6 is 0 Å². The Morgan fingerprint density at radius 3 is 2.77 bits per heavy atom. The predicted molar refractivity (Wildman–Crippen MR) is 95.9 cm³/mol. The molecule has 1 aliphatic rings. The number of pyridine rings is 1. The highest BCUT2D eigenvalue weighted by molar-refractivity contribution is 5.96. The minimum Gasteiger partial charge on any atom is -0.350 e. The van der Waals surface area contributed by atoms with Crippen LogP contribution in [-0.2, 0) is 16.1 Å². The molecule has 1 aliphatic heterocycles. The molecule has 0 bridgehead atoms. The van der Waals surface area contributed by atoms with Gasteiger partial charge in [0.25, 0.3) is 0 Å². The number of nitrogens with zero attached hydrogens (tertiary/aromatic N) is 3. The zero-order valence-corrected chi connectivity index (χ0v) is 14.6. The lowest BCUT2D eigenvalue weighted by Crippen LogP contribution is -2.42. The summed E-state index contributed by atoms with van der Waals surface area (Å²) in [6.07, 6.45) is 1.96. The Balaban J connectivity index is 1.50. The third-order valence-corrected chi connectivity index (χ3v) is 4.20. The van der Waals surface area contributed by atoms with E-state index in [-0.39, 0.29) is 36.6 Å². The van der Waals surface area contributed by atoms with Gasteiger partial charge in [0.2, 0.25) is 11.8 Å². The maximum absolute atomic E-state index is 13.0. The summed E-state index contributed by atoms with van der Waals surface area (Å²) in [5, 5.41) is 2.90. The Morgan fingerprint density at radius 1 is 1.31 bits per heavy atom. The first-order chi connectivity index (χ1) is 12.5. The molecule has 2 aromatic rings. The van der Waals surface area contributed by atoms with Crippen molar-refractivity contribution in [2.24, 2.45) is 0 Å². The number of likely N-dealkylation sites (N-methyl/N-ethyl adjacent to an activating group) is 1. The van der Waals surface area contributed by atoms with Crippen LogP contribution in [0.25, 0.3) is 0 Å². The molecule has 0 saturated carbocycles. The van der Waals surface area contributed by atoms with E-state index >= 15 is 0 Å². The number of halogens is 1. The molecule has 2 amide bonds. The average Bonchev–Trinajstić information content (AvgIpc) is 2.96. The maximum atomic E-state index is 13.0. The molecule has 1 N–H and O–H groups in total. The van der Waals surface area contributed by atoms with Gasteiger partial charge < -0.3 is 10.2 Å². The first-order valence-electron chi connectivity index (χ1n) is 8.45. The monoisotopic (exact) mass is 356 g/mol. The molecule has 7 heteroatoms. The van der Waals surface area contributed by atoms with Crippen LogP contribution in [0.5, 0.6) is 0 Å². The summed E-state index contributed by atoms with van der Waals surface area (Å²) in [5.41, 5.74) is 1.53. The van der Waals surface area contributed by atoms with E-state index in [1.54, 1.807) is 23.2 Å². The van der Waals surface area contributed by atoms with Gasteiger partial charge in [-0.15, -0.1) is 0 Å². The summed E-state index contributed by atoms with van der Waals surface area (Å²) >= 11 is 0. The summed E-state index contributed by atoms with van der Waals surface area (Å²) in [6, 6.07) is 11.2. The van der Waals surface area contributed by atoms with E-state index in [1.165, 1.54) is 12.1 Å². The Bertz CT molecular complexity index is 767. The molecule has 3 rings (SSSR count). The fourth-order valence-electron chi connectivity index (χ4n) is 3.02. The lowest BCUT2D eigenvalue weighted by Gasteiger charge is -2.19. The van der Waals surface area contributed by atoms with Gasteiger partial charge in [0.1, 0.15) is 5.82 Å².